The molecule has 1 aromatic heterocycles. The third-order valence-corrected chi connectivity index (χ3v) is 3.36. The SMILES string of the molecule is CN(Cc1n[nH]c(=O)c2ccccc12)c1ccccc1. The highest BCUT2D eigenvalue weighted by molar-refractivity contribution is 5.83. The van der Waals surface area contributed by atoms with Gasteiger partial charge in [-0.3, -0.25) is 4.79 Å². The molecule has 0 saturated heterocycles. The third kappa shape index (κ3) is 2.28. The number of hydrogen-bond acceptors (Lipinski definition) is 3. The van der Waals surface area contributed by atoms with Gasteiger partial charge in [-0.15, -0.1) is 0 Å². The molecule has 100 valence electrons. The molecule has 0 bridgehead atoms. The minimum atomic E-state index is -0.147. The van der Waals surface area contributed by atoms with Crippen LogP contribution < -0.4 is 10.5 Å². The first-order valence-electron chi connectivity index (χ1n) is 6.48. The molecule has 2 aromatic carbocycles. The van der Waals surface area contributed by atoms with Crippen LogP contribution in [0.2, 0.25) is 0 Å². The van der Waals surface area contributed by atoms with E-state index < -0.39 is 0 Å². The molecule has 0 amide bonds. The number of nitrogens with one attached hydrogen (secondary N) is 1. The molecule has 4 nitrogen and oxygen atoms in total. The van der Waals surface area contributed by atoms with Gasteiger partial charge in [0, 0.05) is 18.1 Å². The number of rotatable bonds is 3. The van der Waals surface area contributed by atoms with Gasteiger partial charge in [0.2, 0.25) is 0 Å². The lowest BCUT2D eigenvalue weighted by molar-refractivity contribution is 0.846. The first kappa shape index (κ1) is 12.4. The normalized spacial score (nSPS) is 10.7. The number of aromatic amines is 1. The Hall–Kier alpha value is -2.62. The van der Waals surface area contributed by atoms with Gasteiger partial charge < -0.3 is 4.90 Å². The minimum absolute atomic E-state index is 0.147. The molecule has 0 unspecified atom stereocenters. The summed E-state index contributed by atoms with van der Waals surface area (Å²) in [4.78, 5) is 13.9. The van der Waals surface area contributed by atoms with Crippen LogP contribution in [0.25, 0.3) is 10.8 Å². The first-order valence-corrected chi connectivity index (χ1v) is 6.48. The molecule has 0 saturated carbocycles. The maximum atomic E-state index is 11.8. The molecule has 0 aliphatic rings. The Kier molecular flexibility index (Phi) is 3.21. The molecule has 0 spiro atoms. The Labute approximate surface area is 116 Å². The summed E-state index contributed by atoms with van der Waals surface area (Å²) in [6, 6.07) is 17.6. The van der Waals surface area contributed by atoms with E-state index in [2.05, 4.69) is 15.1 Å². The van der Waals surface area contributed by atoms with Gasteiger partial charge in [-0.1, -0.05) is 36.4 Å². The van der Waals surface area contributed by atoms with E-state index in [1.807, 2.05) is 61.6 Å². The maximum absolute atomic E-state index is 11.8. The summed E-state index contributed by atoms with van der Waals surface area (Å²) in [5.41, 5.74) is 1.84. The van der Waals surface area contributed by atoms with E-state index in [1.165, 1.54) is 0 Å². The summed E-state index contributed by atoms with van der Waals surface area (Å²) < 4.78 is 0. The van der Waals surface area contributed by atoms with Gasteiger partial charge >= 0.3 is 0 Å². The number of nitrogens with zero attached hydrogens (tertiary/aromatic N) is 2. The van der Waals surface area contributed by atoms with E-state index in [0.29, 0.717) is 11.9 Å². The van der Waals surface area contributed by atoms with Crippen LogP contribution in [-0.2, 0) is 6.54 Å². The average Bonchev–Trinajstić information content (AvgIpc) is 2.51. The predicted molar refractivity (Wildman–Crippen MR) is 80.9 cm³/mol. The van der Waals surface area contributed by atoms with Crippen molar-refractivity contribution < 1.29 is 0 Å². The largest absolute Gasteiger partial charge is 0.369 e. The third-order valence-electron chi connectivity index (χ3n) is 3.36. The predicted octanol–water partition coefficient (Wildman–Crippen LogP) is 2.56. The smallest absolute Gasteiger partial charge is 0.272 e. The van der Waals surface area contributed by atoms with E-state index in [0.717, 1.165) is 16.8 Å². The van der Waals surface area contributed by atoms with E-state index in [-0.39, 0.29) is 5.56 Å². The Morgan fingerprint density at radius 1 is 1.00 bits per heavy atom. The highest BCUT2D eigenvalue weighted by Crippen LogP contribution is 2.17. The van der Waals surface area contributed by atoms with Crippen molar-refractivity contribution in [3.8, 4) is 0 Å². The van der Waals surface area contributed by atoms with Crippen molar-refractivity contribution in [1.82, 2.24) is 10.2 Å². The topological polar surface area (TPSA) is 49.0 Å². The molecule has 0 atom stereocenters. The fourth-order valence-corrected chi connectivity index (χ4v) is 2.29. The Morgan fingerprint density at radius 3 is 2.40 bits per heavy atom. The fraction of sp³-hybridized carbons (Fsp3) is 0.125. The van der Waals surface area contributed by atoms with Crippen LogP contribution in [0.15, 0.2) is 59.4 Å². The average molecular weight is 265 g/mol. The molecular weight excluding hydrogens is 250 g/mol. The van der Waals surface area contributed by atoms with Gasteiger partial charge in [0.05, 0.1) is 17.6 Å². The Bertz CT molecular complexity index is 780. The van der Waals surface area contributed by atoms with Crippen LogP contribution in [0.5, 0.6) is 0 Å². The Morgan fingerprint density at radius 2 is 1.65 bits per heavy atom. The second kappa shape index (κ2) is 5.17. The molecule has 3 aromatic rings. The van der Waals surface area contributed by atoms with Crippen molar-refractivity contribution in [1.29, 1.82) is 0 Å². The lowest BCUT2D eigenvalue weighted by Crippen LogP contribution is -2.20. The summed E-state index contributed by atoms with van der Waals surface area (Å²) in [6.45, 7) is 0.640. The molecule has 3 rings (SSSR count). The van der Waals surface area contributed by atoms with Crippen LogP contribution >= 0.6 is 0 Å². The van der Waals surface area contributed by atoms with Crippen LogP contribution in [-0.4, -0.2) is 17.2 Å². The zero-order chi connectivity index (χ0) is 13.9. The number of para-hydroxylation sites is 1. The van der Waals surface area contributed by atoms with Gasteiger partial charge in [-0.2, -0.15) is 5.10 Å². The van der Waals surface area contributed by atoms with Crippen molar-refractivity contribution in [3.63, 3.8) is 0 Å². The molecule has 0 fully saturated rings. The second-order valence-electron chi connectivity index (χ2n) is 4.74. The molecule has 20 heavy (non-hydrogen) atoms. The van der Waals surface area contributed by atoms with Crippen LogP contribution in [0, 0.1) is 0 Å². The van der Waals surface area contributed by atoms with Crippen molar-refractivity contribution in [2.24, 2.45) is 0 Å². The maximum Gasteiger partial charge on any atom is 0.272 e. The zero-order valence-electron chi connectivity index (χ0n) is 11.2. The van der Waals surface area contributed by atoms with Crippen molar-refractivity contribution >= 4 is 16.5 Å². The number of hydrogen-bond donors (Lipinski definition) is 1. The number of anilines is 1. The highest BCUT2D eigenvalue weighted by atomic mass is 16.1. The molecule has 4 heteroatoms. The Balaban J connectivity index is 2.00. The van der Waals surface area contributed by atoms with E-state index in [4.69, 9.17) is 0 Å². The number of benzene rings is 2. The highest BCUT2D eigenvalue weighted by Gasteiger charge is 2.08. The van der Waals surface area contributed by atoms with Gasteiger partial charge in [-0.25, -0.2) is 5.10 Å². The minimum Gasteiger partial charge on any atom is -0.369 e. The van der Waals surface area contributed by atoms with Gasteiger partial charge in [0.25, 0.3) is 5.56 Å². The van der Waals surface area contributed by atoms with Gasteiger partial charge in [0.15, 0.2) is 0 Å². The standard InChI is InChI=1S/C16H15N3O/c1-19(12-7-3-2-4-8-12)11-15-13-9-5-6-10-14(13)16(20)18-17-15/h2-10H,11H2,1H3,(H,18,20). The van der Waals surface area contributed by atoms with Crippen molar-refractivity contribution in [2.45, 2.75) is 6.54 Å². The first-order chi connectivity index (χ1) is 9.75. The summed E-state index contributed by atoms with van der Waals surface area (Å²) in [5.74, 6) is 0. The molecule has 0 radical (unpaired) electrons. The van der Waals surface area contributed by atoms with Crippen LogP contribution in [0.4, 0.5) is 5.69 Å². The van der Waals surface area contributed by atoms with E-state index >= 15 is 0 Å². The van der Waals surface area contributed by atoms with E-state index in [9.17, 15) is 4.79 Å². The summed E-state index contributed by atoms with van der Waals surface area (Å²) >= 11 is 0. The van der Waals surface area contributed by atoms with E-state index in [1.54, 1.807) is 0 Å². The molecule has 1 heterocycles. The monoisotopic (exact) mass is 265 g/mol. The fourth-order valence-electron chi connectivity index (χ4n) is 2.29. The molecular formula is C16H15N3O. The molecule has 0 aliphatic carbocycles. The molecule has 0 aliphatic heterocycles. The summed E-state index contributed by atoms with van der Waals surface area (Å²) in [5, 5.41) is 8.34. The van der Waals surface area contributed by atoms with Crippen LogP contribution in [0.1, 0.15) is 5.69 Å². The number of aromatic nitrogens is 2. The number of H-pyrrole nitrogens is 1. The summed E-state index contributed by atoms with van der Waals surface area (Å²) in [6.07, 6.45) is 0. The zero-order valence-corrected chi connectivity index (χ0v) is 11.2. The number of fused-ring (bicyclic) bond motifs is 1. The molecule has 1 N–H and O–H groups in total. The van der Waals surface area contributed by atoms with Crippen molar-refractivity contribution in [2.75, 3.05) is 11.9 Å². The second-order valence-corrected chi connectivity index (χ2v) is 4.74. The van der Waals surface area contributed by atoms with Crippen LogP contribution in [0.3, 0.4) is 0 Å². The lowest BCUT2D eigenvalue weighted by Gasteiger charge is -2.19. The summed E-state index contributed by atoms with van der Waals surface area (Å²) in [7, 11) is 2.01. The van der Waals surface area contributed by atoms with Gasteiger partial charge in [0.1, 0.15) is 0 Å². The van der Waals surface area contributed by atoms with Crippen molar-refractivity contribution in [3.05, 3.63) is 70.6 Å². The quantitative estimate of drug-likeness (QED) is 0.791. The van der Waals surface area contributed by atoms with Gasteiger partial charge in [-0.05, 0) is 18.2 Å². The lowest BCUT2D eigenvalue weighted by atomic mass is 10.1.